The van der Waals surface area contributed by atoms with Crippen LogP contribution < -0.4 is 0 Å². The van der Waals surface area contributed by atoms with Crippen molar-refractivity contribution in [3.63, 3.8) is 0 Å². The number of aromatic nitrogens is 1. The summed E-state index contributed by atoms with van der Waals surface area (Å²) in [6, 6.07) is 7.19. The lowest BCUT2D eigenvalue weighted by Gasteiger charge is -2.21. The number of carboxylic acid groups (broad SMARTS) is 1. The first-order chi connectivity index (χ1) is 11.2. The highest BCUT2D eigenvalue weighted by atomic mass is 19.1. The van der Waals surface area contributed by atoms with Crippen molar-refractivity contribution in [3.8, 4) is 11.3 Å². The van der Waals surface area contributed by atoms with Crippen molar-refractivity contribution in [2.75, 3.05) is 0 Å². The Morgan fingerprint density at radius 1 is 1.00 bits per heavy atom. The number of rotatable bonds is 3. The van der Waals surface area contributed by atoms with E-state index in [0.29, 0.717) is 5.56 Å². The molecule has 1 aromatic heterocycles. The van der Waals surface area contributed by atoms with Crippen molar-refractivity contribution in [1.82, 2.24) is 4.98 Å². The number of carboxylic acids is 1. The first kappa shape index (κ1) is 16.1. The van der Waals surface area contributed by atoms with Gasteiger partial charge in [0.15, 0.2) is 0 Å². The number of aliphatic carboxylic acids is 1. The largest absolute Gasteiger partial charge is 0.481 e. The topological polar surface area (TPSA) is 53.1 Å². The highest BCUT2D eigenvalue weighted by molar-refractivity contribution is 5.98. The number of hydrogen-bond acceptors (Lipinski definition) is 1. The number of hydrogen-bond donors (Lipinski definition) is 2. The lowest BCUT2D eigenvalue weighted by Crippen LogP contribution is -2.29. The van der Waals surface area contributed by atoms with Gasteiger partial charge in [0.25, 0.3) is 0 Å². The molecule has 0 unspecified atom stereocenters. The highest BCUT2D eigenvalue weighted by Crippen LogP contribution is 2.40. The van der Waals surface area contributed by atoms with E-state index in [1.165, 1.54) is 38.1 Å². The summed E-state index contributed by atoms with van der Waals surface area (Å²) in [5.74, 6) is -3.07. The number of benzene rings is 2. The van der Waals surface area contributed by atoms with Gasteiger partial charge in [0.1, 0.15) is 17.5 Å². The molecular formula is C18H14F3NO2. The van der Waals surface area contributed by atoms with Crippen molar-refractivity contribution >= 4 is 16.9 Å². The van der Waals surface area contributed by atoms with Crippen LogP contribution in [0.15, 0.2) is 36.4 Å². The van der Waals surface area contributed by atoms with Crippen LogP contribution in [0.4, 0.5) is 13.2 Å². The Hall–Kier alpha value is -2.76. The van der Waals surface area contributed by atoms with Crippen LogP contribution >= 0.6 is 0 Å². The maximum atomic E-state index is 14.4. The van der Waals surface area contributed by atoms with Gasteiger partial charge < -0.3 is 10.1 Å². The molecule has 2 N–H and O–H groups in total. The molecule has 0 radical (unpaired) electrons. The van der Waals surface area contributed by atoms with Crippen LogP contribution in [0.5, 0.6) is 0 Å². The van der Waals surface area contributed by atoms with Gasteiger partial charge in [-0.15, -0.1) is 0 Å². The summed E-state index contributed by atoms with van der Waals surface area (Å²) in [6.45, 7) is 2.82. The smallest absolute Gasteiger partial charge is 0.313 e. The molecule has 24 heavy (non-hydrogen) atoms. The SMILES string of the molecule is CC(C)(C(=O)O)c1c(-c2ccc(F)cc2)[nH]c2c(F)ccc(F)c12. The van der Waals surface area contributed by atoms with Crippen LogP contribution in [-0.4, -0.2) is 16.1 Å². The van der Waals surface area contributed by atoms with Gasteiger partial charge in [-0.25, -0.2) is 13.2 Å². The summed E-state index contributed by atoms with van der Waals surface area (Å²) < 4.78 is 41.7. The van der Waals surface area contributed by atoms with Crippen LogP contribution in [-0.2, 0) is 10.2 Å². The predicted octanol–water partition coefficient (Wildman–Crippen LogP) is 4.61. The maximum absolute atomic E-state index is 14.4. The van der Waals surface area contributed by atoms with Gasteiger partial charge in [-0.05, 0) is 55.8 Å². The number of carbonyl (C=O) groups is 1. The molecule has 2 aromatic carbocycles. The minimum atomic E-state index is -1.49. The van der Waals surface area contributed by atoms with E-state index in [1.54, 1.807) is 0 Å². The van der Waals surface area contributed by atoms with Crippen molar-refractivity contribution in [1.29, 1.82) is 0 Å². The van der Waals surface area contributed by atoms with Crippen LogP contribution in [0.1, 0.15) is 19.4 Å². The first-order valence-electron chi connectivity index (χ1n) is 7.23. The summed E-state index contributed by atoms with van der Waals surface area (Å²) in [5, 5.41) is 9.45. The Bertz CT molecular complexity index is 943. The average Bonchev–Trinajstić information content (AvgIpc) is 2.94. The molecule has 1 heterocycles. The number of fused-ring (bicyclic) bond motifs is 1. The molecule has 3 aromatic rings. The lowest BCUT2D eigenvalue weighted by molar-refractivity contribution is -0.142. The molecule has 0 aliphatic carbocycles. The molecule has 124 valence electrons. The number of H-pyrrole nitrogens is 1. The van der Waals surface area contributed by atoms with Gasteiger partial charge >= 0.3 is 5.97 Å². The Morgan fingerprint density at radius 3 is 2.17 bits per heavy atom. The molecule has 0 saturated carbocycles. The van der Waals surface area contributed by atoms with E-state index >= 15 is 0 Å². The fourth-order valence-corrected chi connectivity index (χ4v) is 2.80. The van der Waals surface area contributed by atoms with Crippen molar-refractivity contribution < 1.29 is 23.1 Å². The zero-order chi connectivity index (χ0) is 17.6. The van der Waals surface area contributed by atoms with E-state index in [9.17, 15) is 23.1 Å². The third-order valence-corrected chi connectivity index (χ3v) is 4.15. The number of halogens is 3. The first-order valence-corrected chi connectivity index (χ1v) is 7.23. The Labute approximate surface area is 135 Å². The second kappa shape index (κ2) is 5.40. The van der Waals surface area contributed by atoms with E-state index in [4.69, 9.17) is 0 Å². The molecule has 3 nitrogen and oxygen atoms in total. The molecule has 0 bridgehead atoms. The molecule has 6 heteroatoms. The van der Waals surface area contributed by atoms with Crippen molar-refractivity contribution in [2.45, 2.75) is 19.3 Å². The fraction of sp³-hybridized carbons (Fsp3) is 0.167. The molecule has 0 amide bonds. The van der Waals surface area contributed by atoms with E-state index in [0.717, 1.165) is 12.1 Å². The third kappa shape index (κ3) is 2.35. The van der Waals surface area contributed by atoms with E-state index in [2.05, 4.69) is 4.98 Å². The molecule has 0 aliphatic rings. The Balaban J connectivity index is 2.45. The fourth-order valence-electron chi connectivity index (χ4n) is 2.80. The van der Waals surface area contributed by atoms with Gasteiger partial charge in [-0.3, -0.25) is 4.79 Å². The Morgan fingerprint density at radius 2 is 1.58 bits per heavy atom. The quantitative estimate of drug-likeness (QED) is 0.735. The average molecular weight is 333 g/mol. The molecule has 0 spiro atoms. The van der Waals surface area contributed by atoms with Crippen LogP contribution in [0.2, 0.25) is 0 Å². The number of aromatic amines is 1. The molecule has 0 fully saturated rings. The molecular weight excluding hydrogens is 319 g/mol. The minimum absolute atomic E-state index is 0.110. The highest BCUT2D eigenvalue weighted by Gasteiger charge is 2.36. The van der Waals surface area contributed by atoms with Crippen LogP contribution in [0.3, 0.4) is 0 Å². The second-order valence-electron chi connectivity index (χ2n) is 6.09. The van der Waals surface area contributed by atoms with Crippen LogP contribution in [0, 0.1) is 17.5 Å². The molecule has 0 aliphatic heterocycles. The van der Waals surface area contributed by atoms with Crippen LogP contribution in [0.25, 0.3) is 22.2 Å². The molecule has 0 saturated heterocycles. The zero-order valence-electron chi connectivity index (χ0n) is 13.0. The van der Waals surface area contributed by atoms with Crippen molar-refractivity contribution in [3.05, 3.63) is 59.4 Å². The summed E-state index contributed by atoms with van der Waals surface area (Å²) in [7, 11) is 0. The molecule has 0 atom stereocenters. The van der Waals surface area contributed by atoms with E-state index < -0.39 is 28.8 Å². The second-order valence-corrected chi connectivity index (χ2v) is 6.09. The van der Waals surface area contributed by atoms with Gasteiger partial charge in [0.05, 0.1) is 16.6 Å². The summed E-state index contributed by atoms with van der Waals surface area (Å²) >= 11 is 0. The third-order valence-electron chi connectivity index (χ3n) is 4.15. The lowest BCUT2D eigenvalue weighted by atomic mass is 9.81. The zero-order valence-corrected chi connectivity index (χ0v) is 13.0. The normalized spacial score (nSPS) is 11.9. The monoisotopic (exact) mass is 333 g/mol. The van der Waals surface area contributed by atoms with Gasteiger partial charge in [-0.1, -0.05) is 0 Å². The van der Waals surface area contributed by atoms with Gasteiger partial charge in [0, 0.05) is 10.9 Å². The summed E-state index contributed by atoms with van der Waals surface area (Å²) in [5.41, 5.74) is -0.791. The summed E-state index contributed by atoms with van der Waals surface area (Å²) in [4.78, 5) is 14.5. The predicted molar refractivity (Wildman–Crippen MR) is 84.3 cm³/mol. The van der Waals surface area contributed by atoms with Gasteiger partial charge in [-0.2, -0.15) is 0 Å². The summed E-state index contributed by atoms with van der Waals surface area (Å²) in [6.07, 6.45) is 0. The van der Waals surface area contributed by atoms with Crippen molar-refractivity contribution in [2.24, 2.45) is 0 Å². The Kier molecular flexibility index (Phi) is 3.63. The number of nitrogens with one attached hydrogen (secondary N) is 1. The minimum Gasteiger partial charge on any atom is -0.481 e. The maximum Gasteiger partial charge on any atom is 0.313 e. The standard InChI is InChI=1S/C18H14F3NO2/c1-18(2,17(23)24)14-13-11(20)7-8-12(21)16(13)22-15(14)9-3-5-10(19)6-4-9/h3-8,22H,1-2H3,(H,23,24). The molecule has 3 rings (SSSR count). The van der Waals surface area contributed by atoms with E-state index in [1.807, 2.05) is 0 Å². The van der Waals surface area contributed by atoms with Gasteiger partial charge in [0.2, 0.25) is 0 Å². The van der Waals surface area contributed by atoms with E-state index in [-0.39, 0.29) is 22.2 Å².